The van der Waals surface area contributed by atoms with Gasteiger partial charge in [0.1, 0.15) is 12.1 Å². The average molecular weight is 279 g/mol. The number of ether oxygens (including phenoxy) is 1. The van der Waals surface area contributed by atoms with Crippen LogP contribution in [-0.4, -0.2) is 72.7 Å². The molecule has 2 heterocycles. The van der Waals surface area contributed by atoms with E-state index >= 15 is 0 Å². The van der Waals surface area contributed by atoms with Crippen molar-refractivity contribution in [3.63, 3.8) is 0 Å². The van der Waals surface area contributed by atoms with Gasteiger partial charge >= 0.3 is 0 Å². The molecule has 0 aromatic carbocycles. The smallest absolute Gasteiger partial charge is 0.221 e. The highest BCUT2D eigenvalue weighted by molar-refractivity contribution is 5.47. The standard InChI is InChI=1S/C14H25N5O/c1-5-20-14-11(2)13(16-10-17-14)15-8-12-9-18(3)6-7-19(12)4/h10,12H,5-9H2,1-4H3,(H,15,16,17). The van der Waals surface area contributed by atoms with Gasteiger partial charge in [0.15, 0.2) is 0 Å². The minimum atomic E-state index is 0.499. The summed E-state index contributed by atoms with van der Waals surface area (Å²) in [7, 11) is 4.35. The minimum Gasteiger partial charge on any atom is -0.478 e. The molecule has 1 atom stereocenters. The van der Waals surface area contributed by atoms with Gasteiger partial charge in [-0.15, -0.1) is 0 Å². The number of rotatable bonds is 5. The Kier molecular flexibility index (Phi) is 5.14. The van der Waals surface area contributed by atoms with E-state index in [4.69, 9.17) is 4.74 Å². The predicted octanol–water partition coefficient (Wildman–Crippen LogP) is 0.841. The molecule has 0 radical (unpaired) electrons. The first kappa shape index (κ1) is 15.0. The average Bonchev–Trinajstić information content (AvgIpc) is 2.43. The van der Waals surface area contributed by atoms with Crippen molar-refractivity contribution < 1.29 is 4.74 Å². The van der Waals surface area contributed by atoms with Crippen LogP contribution in [0.2, 0.25) is 0 Å². The summed E-state index contributed by atoms with van der Waals surface area (Å²) in [6.45, 7) is 8.76. The van der Waals surface area contributed by atoms with Gasteiger partial charge in [-0.25, -0.2) is 9.97 Å². The molecule has 6 heteroatoms. The molecule has 112 valence electrons. The molecule has 0 saturated carbocycles. The van der Waals surface area contributed by atoms with E-state index in [9.17, 15) is 0 Å². The largest absolute Gasteiger partial charge is 0.478 e. The fourth-order valence-corrected chi connectivity index (χ4v) is 2.43. The number of likely N-dealkylation sites (N-methyl/N-ethyl adjacent to an activating group) is 2. The fraction of sp³-hybridized carbons (Fsp3) is 0.714. The van der Waals surface area contributed by atoms with Crippen LogP contribution in [0, 0.1) is 6.92 Å². The molecule has 1 fully saturated rings. The van der Waals surface area contributed by atoms with Crippen molar-refractivity contribution in [3.05, 3.63) is 11.9 Å². The van der Waals surface area contributed by atoms with E-state index in [2.05, 4.69) is 39.2 Å². The second-order valence-corrected chi connectivity index (χ2v) is 5.36. The van der Waals surface area contributed by atoms with Crippen LogP contribution < -0.4 is 10.1 Å². The Morgan fingerprint density at radius 1 is 1.35 bits per heavy atom. The first-order valence-corrected chi connectivity index (χ1v) is 7.18. The van der Waals surface area contributed by atoms with Crippen LogP contribution in [0.3, 0.4) is 0 Å². The molecule has 0 aliphatic carbocycles. The van der Waals surface area contributed by atoms with E-state index in [1.54, 1.807) is 6.33 Å². The second-order valence-electron chi connectivity index (χ2n) is 5.36. The third-order valence-corrected chi connectivity index (χ3v) is 3.80. The molecule has 0 bridgehead atoms. The van der Waals surface area contributed by atoms with Crippen LogP contribution in [0.1, 0.15) is 12.5 Å². The van der Waals surface area contributed by atoms with Gasteiger partial charge in [-0.2, -0.15) is 0 Å². The molecule has 1 aromatic heterocycles. The van der Waals surface area contributed by atoms with Crippen molar-refractivity contribution in [2.45, 2.75) is 19.9 Å². The predicted molar refractivity (Wildman–Crippen MR) is 80.3 cm³/mol. The second kappa shape index (κ2) is 6.85. The molecule has 1 N–H and O–H groups in total. The summed E-state index contributed by atoms with van der Waals surface area (Å²) in [5.41, 5.74) is 0.973. The molecule has 0 spiro atoms. The number of hydrogen-bond acceptors (Lipinski definition) is 6. The third-order valence-electron chi connectivity index (χ3n) is 3.80. The molecule has 20 heavy (non-hydrogen) atoms. The number of nitrogens with one attached hydrogen (secondary N) is 1. The summed E-state index contributed by atoms with van der Waals surface area (Å²) in [5.74, 6) is 1.53. The summed E-state index contributed by atoms with van der Waals surface area (Å²) in [4.78, 5) is 13.2. The zero-order valence-corrected chi connectivity index (χ0v) is 12.9. The topological polar surface area (TPSA) is 53.5 Å². The Morgan fingerprint density at radius 2 is 2.15 bits per heavy atom. The number of anilines is 1. The highest BCUT2D eigenvalue weighted by Crippen LogP contribution is 2.20. The fourth-order valence-electron chi connectivity index (χ4n) is 2.43. The SMILES string of the molecule is CCOc1ncnc(NCC2CN(C)CCN2C)c1C. The first-order valence-electron chi connectivity index (χ1n) is 7.18. The molecule has 2 rings (SSSR count). The first-order chi connectivity index (χ1) is 9.61. The van der Waals surface area contributed by atoms with Crippen LogP contribution >= 0.6 is 0 Å². The van der Waals surface area contributed by atoms with Crippen LogP contribution in [0.4, 0.5) is 5.82 Å². The van der Waals surface area contributed by atoms with Gasteiger partial charge in [0.2, 0.25) is 5.88 Å². The van der Waals surface area contributed by atoms with Crippen molar-refractivity contribution in [1.29, 1.82) is 0 Å². The summed E-state index contributed by atoms with van der Waals surface area (Å²) in [6, 6.07) is 0.499. The highest BCUT2D eigenvalue weighted by Gasteiger charge is 2.22. The Balaban J connectivity index is 1.98. The maximum atomic E-state index is 5.50. The van der Waals surface area contributed by atoms with E-state index in [1.807, 2.05) is 13.8 Å². The molecule has 1 unspecified atom stereocenters. The normalized spacial score (nSPS) is 20.9. The lowest BCUT2D eigenvalue weighted by molar-refractivity contribution is 0.122. The van der Waals surface area contributed by atoms with Gasteiger partial charge in [0.05, 0.1) is 12.2 Å². The van der Waals surface area contributed by atoms with Gasteiger partial charge in [0.25, 0.3) is 0 Å². The lowest BCUT2D eigenvalue weighted by Crippen LogP contribution is -2.52. The molecular weight excluding hydrogens is 254 g/mol. The Hall–Kier alpha value is -1.40. The van der Waals surface area contributed by atoms with E-state index in [1.165, 1.54) is 0 Å². The lowest BCUT2D eigenvalue weighted by atomic mass is 10.2. The van der Waals surface area contributed by atoms with Crippen molar-refractivity contribution >= 4 is 5.82 Å². The van der Waals surface area contributed by atoms with Gasteiger partial charge in [-0.3, -0.25) is 4.90 Å². The maximum absolute atomic E-state index is 5.50. The van der Waals surface area contributed by atoms with Gasteiger partial charge in [-0.1, -0.05) is 0 Å². The number of aromatic nitrogens is 2. The van der Waals surface area contributed by atoms with Crippen LogP contribution in [0.15, 0.2) is 6.33 Å². The molecular formula is C14H25N5O. The van der Waals surface area contributed by atoms with E-state index in [-0.39, 0.29) is 0 Å². The molecule has 1 aromatic rings. The quantitative estimate of drug-likeness (QED) is 0.862. The van der Waals surface area contributed by atoms with Gasteiger partial charge in [-0.05, 0) is 27.9 Å². The Morgan fingerprint density at radius 3 is 2.90 bits per heavy atom. The molecule has 6 nitrogen and oxygen atoms in total. The summed E-state index contributed by atoms with van der Waals surface area (Å²) in [6.07, 6.45) is 1.55. The molecule has 1 aliphatic rings. The van der Waals surface area contributed by atoms with Crippen molar-refractivity contribution in [1.82, 2.24) is 19.8 Å². The summed E-state index contributed by atoms with van der Waals surface area (Å²) < 4.78 is 5.50. The minimum absolute atomic E-state index is 0.499. The summed E-state index contributed by atoms with van der Waals surface area (Å²) >= 11 is 0. The Labute approximate surface area is 121 Å². The molecule has 0 amide bonds. The van der Waals surface area contributed by atoms with Crippen LogP contribution in [-0.2, 0) is 0 Å². The zero-order chi connectivity index (χ0) is 14.5. The van der Waals surface area contributed by atoms with Gasteiger partial charge < -0.3 is 15.0 Å². The van der Waals surface area contributed by atoms with Crippen LogP contribution in [0.25, 0.3) is 0 Å². The third kappa shape index (κ3) is 3.58. The van der Waals surface area contributed by atoms with Crippen molar-refractivity contribution in [2.24, 2.45) is 0 Å². The monoisotopic (exact) mass is 279 g/mol. The highest BCUT2D eigenvalue weighted by atomic mass is 16.5. The lowest BCUT2D eigenvalue weighted by Gasteiger charge is -2.37. The molecule has 1 aliphatic heterocycles. The van der Waals surface area contributed by atoms with E-state index in [0.717, 1.165) is 37.6 Å². The maximum Gasteiger partial charge on any atom is 0.221 e. The zero-order valence-electron chi connectivity index (χ0n) is 12.9. The number of piperazine rings is 1. The Bertz CT molecular complexity index is 440. The van der Waals surface area contributed by atoms with E-state index in [0.29, 0.717) is 18.5 Å². The van der Waals surface area contributed by atoms with Crippen molar-refractivity contribution in [2.75, 3.05) is 52.2 Å². The van der Waals surface area contributed by atoms with Gasteiger partial charge in [0, 0.05) is 32.2 Å². The van der Waals surface area contributed by atoms with Crippen molar-refractivity contribution in [3.8, 4) is 5.88 Å². The molecule has 1 saturated heterocycles. The summed E-state index contributed by atoms with van der Waals surface area (Å²) in [5, 5.41) is 3.43. The number of nitrogens with zero attached hydrogens (tertiary/aromatic N) is 4. The van der Waals surface area contributed by atoms with Crippen LogP contribution in [0.5, 0.6) is 5.88 Å². The van der Waals surface area contributed by atoms with E-state index < -0.39 is 0 Å². The number of hydrogen-bond donors (Lipinski definition) is 1.